The average molecular weight is 203 g/mol. The van der Waals surface area contributed by atoms with Crippen LogP contribution in [0.15, 0.2) is 12.7 Å². The van der Waals surface area contributed by atoms with E-state index in [0.29, 0.717) is 12.2 Å². The van der Waals surface area contributed by atoms with Crippen LogP contribution in [0, 0.1) is 11.8 Å². The summed E-state index contributed by atoms with van der Waals surface area (Å²) in [4.78, 5) is 0. The summed E-state index contributed by atoms with van der Waals surface area (Å²) >= 11 is 0. The van der Waals surface area contributed by atoms with Crippen molar-refractivity contribution in [3.05, 3.63) is 12.7 Å². The van der Waals surface area contributed by atoms with Gasteiger partial charge in [-0.25, -0.2) is 8.42 Å². The van der Waals surface area contributed by atoms with Gasteiger partial charge in [-0.2, -0.15) is 0 Å². The summed E-state index contributed by atoms with van der Waals surface area (Å²) in [5.41, 5.74) is 5.92. The monoisotopic (exact) mass is 203 g/mol. The van der Waals surface area contributed by atoms with Gasteiger partial charge in [-0.3, -0.25) is 0 Å². The van der Waals surface area contributed by atoms with Gasteiger partial charge in [-0.05, 0) is 18.3 Å². The van der Waals surface area contributed by atoms with E-state index in [1.807, 2.05) is 6.92 Å². The summed E-state index contributed by atoms with van der Waals surface area (Å²) in [6, 6.07) is -0.0604. The van der Waals surface area contributed by atoms with Gasteiger partial charge in [0.2, 0.25) is 0 Å². The summed E-state index contributed by atoms with van der Waals surface area (Å²) in [5.74, 6) is 0.873. The minimum atomic E-state index is -2.80. The molecular weight excluding hydrogens is 186 g/mol. The van der Waals surface area contributed by atoms with Crippen molar-refractivity contribution in [3.63, 3.8) is 0 Å². The summed E-state index contributed by atoms with van der Waals surface area (Å²) in [6.45, 7) is 5.63. The highest BCUT2D eigenvalue weighted by Crippen LogP contribution is 2.24. The summed E-state index contributed by atoms with van der Waals surface area (Å²) < 4.78 is 22.3. The Morgan fingerprint density at radius 2 is 2.23 bits per heavy atom. The average Bonchev–Trinajstić information content (AvgIpc) is 2.43. The van der Waals surface area contributed by atoms with Crippen LogP contribution in [-0.4, -0.2) is 26.0 Å². The zero-order valence-electron chi connectivity index (χ0n) is 7.94. The van der Waals surface area contributed by atoms with Crippen molar-refractivity contribution in [2.75, 3.05) is 11.5 Å². The Morgan fingerprint density at radius 3 is 2.62 bits per heavy atom. The number of rotatable bonds is 3. The second kappa shape index (κ2) is 3.80. The maximum Gasteiger partial charge on any atom is 0.150 e. The highest BCUT2D eigenvalue weighted by molar-refractivity contribution is 7.91. The zero-order chi connectivity index (χ0) is 10.1. The van der Waals surface area contributed by atoms with E-state index in [0.717, 1.165) is 0 Å². The molecule has 0 aromatic carbocycles. The molecule has 0 aromatic rings. The van der Waals surface area contributed by atoms with E-state index in [-0.39, 0.29) is 23.6 Å². The third-order valence-electron chi connectivity index (χ3n) is 2.79. The normalized spacial score (nSPS) is 31.1. The third-order valence-corrected chi connectivity index (χ3v) is 4.58. The molecule has 0 spiro atoms. The van der Waals surface area contributed by atoms with Crippen LogP contribution in [0.2, 0.25) is 0 Å². The molecule has 3 atom stereocenters. The van der Waals surface area contributed by atoms with Crippen LogP contribution >= 0.6 is 0 Å². The molecule has 1 aliphatic rings. The first-order valence-corrected chi connectivity index (χ1v) is 6.37. The molecule has 3 unspecified atom stereocenters. The molecule has 1 fully saturated rings. The number of hydrogen-bond acceptors (Lipinski definition) is 3. The molecule has 0 aliphatic carbocycles. The fourth-order valence-corrected chi connectivity index (χ4v) is 3.58. The second-order valence-electron chi connectivity index (χ2n) is 3.84. The van der Waals surface area contributed by atoms with Crippen molar-refractivity contribution >= 4 is 9.84 Å². The maximum atomic E-state index is 11.2. The highest BCUT2D eigenvalue weighted by atomic mass is 32.2. The molecule has 1 heterocycles. The highest BCUT2D eigenvalue weighted by Gasteiger charge is 2.33. The minimum Gasteiger partial charge on any atom is -0.327 e. The van der Waals surface area contributed by atoms with Gasteiger partial charge in [0.1, 0.15) is 0 Å². The molecule has 0 bridgehead atoms. The van der Waals surface area contributed by atoms with Crippen molar-refractivity contribution in [3.8, 4) is 0 Å². The van der Waals surface area contributed by atoms with E-state index < -0.39 is 9.84 Å². The van der Waals surface area contributed by atoms with Crippen LogP contribution in [0.1, 0.15) is 13.3 Å². The molecule has 0 amide bonds. The van der Waals surface area contributed by atoms with Crippen molar-refractivity contribution in [1.29, 1.82) is 0 Å². The Labute approximate surface area is 79.9 Å². The topological polar surface area (TPSA) is 60.2 Å². The Bertz CT molecular complexity index is 284. The van der Waals surface area contributed by atoms with Crippen LogP contribution in [0.5, 0.6) is 0 Å². The van der Waals surface area contributed by atoms with E-state index >= 15 is 0 Å². The molecule has 3 nitrogen and oxygen atoms in total. The SMILES string of the molecule is C=CC(C)C(N)C1CCS(=O)(=O)C1. The van der Waals surface area contributed by atoms with Gasteiger partial charge in [0, 0.05) is 6.04 Å². The molecule has 4 heteroatoms. The fourth-order valence-electron chi connectivity index (χ4n) is 1.71. The van der Waals surface area contributed by atoms with Gasteiger partial charge in [0.15, 0.2) is 9.84 Å². The predicted molar refractivity (Wildman–Crippen MR) is 54.1 cm³/mol. The van der Waals surface area contributed by atoms with Crippen LogP contribution < -0.4 is 5.73 Å². The van der Waals surface area contributed by atoms with Gasteiger partial charge in [-0.15, -0.1) is 6.58 Å². The Hall–Kier alpha value is -0.350. The van der Waals surface area contributed by atoms with Crippen LogP contribution in [0.4, 0.5) is 0 Å². The Balaban J connectivity index is 2.61. The molecule has 1 saturated heterocycles. The largest absolute Gasteiger partial charge is 0.327 e. The van der Waals surface area contributed by atoms with Gasteiger partial charge in [0.25, 0.3) is 0 Å². The molecule has 13 heavy (non-hydrogen) atoms. The number of hydrogen-bond donors (Lipinski definition) is 1. The van der Waals surface area contributed by atoms with Crippen molar-refractivity contribution in [1.82, 2.24) is 0 Å². The predicted octanol–water partition coefficient (Wildman–Crippen LogP) is 0.571. The van der Waals surface area contributed by atoms with E-state index in [1.54, 1.807) is 6.08 Å². The van der Waals surface area contributed by atoms with E-state index in [9.17, 15) is 8.42 Å². The number of sulfone groups is 1. The van der Waals surface area contributed by atoms with E-state index in [1.165, 1.54) is 0 Å². The van der Waals surface area contributed by atoms with Gasteiger partial charge >= 0.3 is 0 Å². The van der Waals surface area contributed by atoms with Crippen molar-refractivity contribution < 1.29 is 8.42 Å². The molecule has 0 radical (unpaired) electrons. The number of nitrogens with two attached hydrogens (primary N) is 1. The molecule has 0 saturated carbocycles. The molecule has 2 N–H and O–H groups in total. The summed E-state index contributed by atoms with van der Waals surface area (Å²) in [6.07, 6.45) is 2.50. The zero-order valence-corrected chi connectivity index (χ0v) is 8.76. The summed E-state index contributed by atoms with van der Waals surface area (Å²) in [5, 5.41) is 0. The lowest BCUT2D eigenvalue weighted by Gasteiger charge is -2.21. The second-order valence-corrected chi connectivity index (χ2v) is 6.06. The Kier molecular flexibility index (Phi) is 3.14. The summed E-state index contributed by atoms with van der Waals surface area (Å²) in [7, 11) is -2.80. The van der Waals surface area contributed by atoms with Crippen LogP contribution in [0.3, 0.4) is 0 Å². The van der Waals surface area contributed by atoms with Gasteiger partial charge in [-0.1, -0.05) is 13.0 Å². The van der Waals surface area contributed by atoms with E-state index in [2.05, 4.69) is 6.58 Å². The lowest BCUT2D eigenvalue weighted by molar-refractivity contribution is 0.395. The molecule has 1 aliphatic heterocycles. The quantitative estimate of drug-likeness (QED) is 0.682. The van der Waals surface area contributed by atoms with Crippen molar-refractivity contribution in [2.45, 2.75) is 19.4 Å². The Morgan fingerprint density at radius 1 is 1.62 bits per heavy atom. The fraction of sp³-hybridized carbons (Fsp3) is 0.778. The first-order chi connectivity index (χ1) is 5.96. The first kappa shape index (κ1) is 10.7. The van der Waals surface area contributed by atoms with Gasteiger partial charge < -0.3 is 5.73 Å². The minimum absolute atomic E-state index is 0.0604. The van der Waals surface area contributed by atoms with Crippen LogP contribution in [-0.2, 0) is 9.84 Å². The molecular formula is C9H17NO2S. The molecule has 76 valence electrons. The molecule has 0 aromatic heterocycles. The lowest BCUT2D eigenvalue weighted by atomic mass is 9.90. The maximum absolute atomic E-state index is 11.2. The standard InChI is InChI=1S/C9H17NO2S/c1-3-7(2)9(10)8-4-5-13(11,12)6-8/h3,7-9H,1,4-6,10H2,2H3. The smallest absolute Gasteiger partial charge is 0.150 e. The van der Waals surface area contributed by atoms with Crippen LogP contribution in [0.25, 0.3) is 0 Å². The molecule has 1 rings (SSSR count). The first-order valence-electron chi connectivity index (χ1n) is 4.55. The third kappa shape index (κ3) is 2.54. The lowest BCUT2D eigenvalue weighted by Crippen LogP contribution is -2.36. The van der Waals surface area contributed by atoms with Gasteiger partial charge in [0.05, 0.1) is 11.5 Å². The van der Waals surface area contributed by atoms with Crippen molar-refractivity contribution in [2.24, 2.45) is 17.6 Å². The van der Waals surface area contributed by atoms with E-state index in [4.69, 9.17) is 5.73 Å².